The normalized spacial score (nSPS) is 20.6. The van der Waals surface area contributed by atoms with E-state index in [0.717, 1.165) is 31.7 Å². The fourth-order valence-corrected chi connectivity index (χ4v) is 4.87. The maximum Gasteiger partial charge on any atom is 0.328 e. The molecule has 190 valence electrons. The molecule has 1 aromatic heterocycles. The molecular formula is C25H35N5O5. The summed E-state index contributed by atoms with van der Waals surface area (Å²) in [7, 11) is 0. The van der Waals surface area contributed by atoms with Crippen molar-refractivity contribution >= 4 is 35.3 Å². The van der Waals surface area contributed by atoms with Crippen molar-refractivity contribution in [3.8, 4) is 0 Å². The van der Waals surface area contributed by atoms with E-state index in [1.54, 1.807) is 6.20 Å². The van der Waals surface area contributed by atoms with Crippen molar-refractivity contribution in [2.45, 2.75) is 58.5 Å². The zero-order valence-electron chi connectivity index (χ0n) is 20.8. The van der Waals surface area contributed by atoms with E-state index < -0.39 is 11.6 Å². The van der Waals surface area contributed by atoms with E-state index in [4.69, 9.17) is 4.74 Å². The summed E-state index contributed by atoms with van der Waals surface area (Å²) in [6.45, 7) is 8.62. The van der Waals surface area contributed by atoms with Crippen molar-refractivity contribution in [2.24, 2.45) is 11.8 Å². The first-order valence-electron chi connectivity index (χ1n) is 12.4. The molecule has 3 saturated heterocycles. The lowest BCUT2D eigenvalue weighted by Crippen LogP contribution is -2.49. The summed E-state index contributed by atoms with van der Waals surface area (Å²) in [4.78, 5) is 58.9. The van der Waals surface area contributed by atoms with Crippen LogP contribution < -0.4 is 15.1 Å². The van der Waals surface area contributed by atoms with Crippen molar-refractivity contribution in [1.29, 1.82) is 0 Å². The molecule has 0 saturated carbocycles. The Balaban J connectivity index is 1.24. The van der Waals surface area contributed by atoms with Crippen molar-refractivity contribution in [3.05, 3.63) is 18.3 Å². The van der Waals surface area contributed by atoms with Crippen molar-refractivity contribution in [3.63, 3.8) is 0 Å². The lowest BCUT2D eigenvalue weighted by Gasteiger charge is -2.37. The van der Waals surface area contributed by atoms with E-state index in [1.165, 1.54) is 4.90 Å². The van der Waals surface area contributed by atoms with Gasteiger partial charge in [-0.25, -0.2) is 9.78 Å². The number of hydrogen-bond donors (Lipinski definition) is 1. The zero-order chi connectivity index (χ0) is 25.2. The van der Waals surface area contributed by atoms with Crippen LogP contribution in [-0.4, -0.2) is 72.0 Å². The minimum Gasteiger partial charge on any atom is -0.460 e. The van der Waals surface area contributed by atoms with Gasteiger partial charge in [0.25, 0.3) is 0 Å². The fraction of sp³-hybridized carbons (Fsp3) is 0.640. The van der Waals surface area contributed by atoms with E-state index in [0.29, 0.717) is 38.2 Å². The number of anilines is 2. The Bertz CT molecular complexity index is 957. The monoisotopic (exact) mass is 485 g/mol. The Hall–Kier alpha value is -3.17. The summed E-state index contributed by atoms with van der Waals surface area (Å²) in [6, 6.07) is 3.29. The molecule has 3 aliphatic heterocycles. The van der Waals surface area contributed by atoms with Crippen LogP contribution in [-0.2, 0) is 19.1 Å². The Morgan fingerprint density at radius 3 is 2.20 bits per heavy atom. The predicted octanol–water partition coefficient (Wildman–Crippen LogP) is 2.32. The summed E-state index contributed by atoms with van der Waals surface area (Å²) in [5, 5.41) is 2.32. The minimum atomic E-state index is -0.490. The van der Waals surface area contributed by atoms with Gasteiger partial charge in [-0.3, -0.25) is 24.6 Å². The number of nitrogens with one attached hydrogen (secondary N) is 1. The lowest BCUT2D eigenvalue weighted by molar-refractivity contribution is -0.162. The molecule has 35 heavy (non-hydrogen) atoms. The molecular weight excluding hydrogens is 450 g/mol. The summed E-state index contributed by atoms with van der Waals surface area (Å²) in [6.07, 6.45) is 4.73. The van der Waals surface area contributed by atoms with Crippen LogP contribution >= 0.6 is 0 Å². The molecule has 10 heteroatoms. The van der Waals surface area contributed by atoms with Crippen LogP contribution in [0.5, 0.6) is 0 Å². The van der Waals surface area contributed by atoms with Gasteiger partial charge in [-0.1, -0.05) is 0 Å². The first-order chi connectivity index (χ1) is 16.6. The molecule has 4 rings (SSSR count). The zero-order valence-corrected chi connectivity index (χ0v) is 20.8. The number of pyridine rings is 1. The number of aromatic nitrogens is 1. The molecule has 3 aliphatic rings. The van der Waals surface area contributed by atoms with E-state index in [1.807, 2.05) is 37.8 Å². The highest BCUT2D eigenvalue weighted by molar-refractivity contribution is 6.05. The van der Waals surface area contributed by atoms with E-state index in [2.05, 4.69) is 15.2 Å². The van der Waals surface area contributed by atoms with Gasteiger partial charge in [-0.15, -0.1) is 0 Å². The minimum absolute atomic E-state index is 0.0156. The van der Waals surface area contributed by atoms with Crippen LogP contribution in [0.4, 0.5) is 16.3 Å². The first kappa shape index (κ1) is 24.9. The molecule has 10 nitrogen and oxygen atoms in total. The molecule has 0 aliphatic carbocycles. The molecule has 1 N–H and O–H groups in total. The van der Waals surface area contributed by atoms with Gasteiger partial charge >= 0.3 is 12.0 Å². The largest absolute Gasteiger partial charge is 0.460 e. The van der Waals surface area contributed by atoms with Crippen molar-refractivity contribution < 1.29 is 23.9 Å². The van der Waals surface area contributed by atoms with E-state index in [9.17, 15) is 19.2 Å². The molecule has 4 amide bonds. The second kappa shape index (κ2) is 10.2. The third-order valence-corrected chi connectivity index (χ3v) is 6.81. The van der Waals surface area contributed by atoms with Gasteiger partial charge in [-0.05, 0) is 58.6 Å². The number of urea groups is 1. The predicted molar refractivity (Wildman–Crippen MR) is 130 cm³/mol. The average Bonchev–Trinajstić information content (AvgIpc) is 2.83. The third-order valence-electron chi connectivity index (χ3n) is 6.81. The number of amides is 4. The smallest absolute Gasteiger partial charge is 0.328 e. The van der Waals surface area contributed by atoms with Gasteiger partial charge in [0.15, 0.2) is 0 Å². The highest BCUT2D eigenvalue weighted by atomic mass is 16.6. The molecule has 0 bridgehead atoms. The molecule has 1 aromatic rings. The fourth-order valence-electron chi connectivity index (χ4n) is 4.87. The SMILES string of the molecule is CC(C)(C)OC(=O)C1CCN(C(=O)C2CCN(c3ccc(N4CCC(=O)NC4=O)cn3)CC2)CC1. The van der Waals surface area contributed by atoms with Crippen molar-refractivity contribution in [2.75, 3.05) is 42.5 Å². The topological polar surface area (TPSA) is 112 Å². The number of likely N-dealkylation sites (tertiary alicyclic amines) is 1. The highest BCUT2D eigenvalue weighted by Gasteiger charge is 2.34. The van der Waals surface area contributed by atoms with Gasteiger partial charge in [0.05, 0.1) is 17.8 Å². The molecule has 0 radical (unpaired) electrons. The quantitative estimate of drug-likeness (QED) is 0.652. The molecule has 0 spiro atoms. The van der Waals surface area contributed by atoms with E-state index >= 15 is 0 Å². The Morgan fingerprint density at radius 1 is 0.971 bits per heavy atom. The van der Waals surface area contributed by atoms with Crippen molar-refractivity contribution in [1.82, 2.24) is 15.2 Å². The first-order valence-corrected chi connectivity index (χ1v) is 12.4. The number of esters is 1. The number of hydrogen-bond acceptors (Lipinski definition) is 7. The van der Waals surface area contributed by atoms with Crippen LogP contribution in [0.2, 0.25) is 0 Å². The van der Waals surface area contributed by atoms with Crippen LogP contribution in [0.3, 0.4) is 0 Å². The van der Waals surface area contributed by atoms with E-state index in [-0.39, 0.29) is 36.0 Å². The summed E-state index contributed by atoms with van der Waals surface area (Å²) >= 11 is 0. The number of carbonyl (C=O) groups is 4. The standard InChI is InChI=1S/C25H35N5O5/c1-25(2,3)35-23(33)18-8-13-29(14-9-18)22(32)17-6-11-28(12-7-17)20-5-4-19(16-26-20)30-15-10-21(31)27-24(30)34/h4-5,16-18H,6-15H2,1-3H3,(H,27,31,34). The van der Waals surface area contributed by atoms with Gasteiger partial charge in [0.2, 0.25) is 11.8 Å². The van der Waals surface area contributed by atoms with Crippen LogP contribution in [0, 0.1) is 11.8 Å². The maximum atomic E-state index is 13.1. The van der Waals surface area contributed by atoms with Gasteiger partial charge in [0, 0.05) is 45.1 Å². The number of imide groups is 1. The lowest BCUT2D eigenvalue weighted by atomic mass is 9.92. The van der Waals surface area contributed by atoms with Gasteiger partial charge in [-0.2, -0.15) is 0 Å². The number of piperidine rings is 2. The van der Waals surface area contributed by atoms with Crippen LogP contribution in [0.25, 0.3) is 0 Å². The number of rotatable bonds is 4. The van der Waals surface area contributed by atoms with Gasteiger partial charge < -0.3 is 14.5 Å². The summed E-state index contributed by atoms with van der Waals surface area (Å²) in [5.74, 6) is 0.419. The Labute approximate surface area is 206 Å². The Kier molecular flexibility index (Phi) is 7.28. The van der Waals surface area contributed by atoms with Crippen LogP contribution in [0.15, 0.2) is 18.3 Å². The maximum absolute atomic E-state index is 13.1. The van der Waals surface area contributed by atoms with Crippen LogP contribution in [0.1, 0.15) is 52.9 Å². The number of ether oxygens (including phenoxy) is 1. The highest BCUT2D eigenvalue weighted by Crippen LogP contribution is 2.28. The molecule has 4 heterocycles. The molecule has 0 unspecified atom stereocenters. The number of carbonyl (C=O) groups excluding carboxylic acids is 4. The Morgan fingerprint density at radius 2 is 1.63 bits per heavy atom. The summed E-state index contributed by atoms with van der Waals surface area (Å²) in [5.41, 5.74) is 0.161. The summed E-state index contributed by atoms with van der Waals surface area (Å²) < 4.78 is 5.50. The third kappa shape index (κ3) is 6.10. The molecule has 0 atom stereocenters. The molecule has 0 aromatic carbocycles. The second-order valence-electron chi connectivity index (χ2n) is 10.5. The average molecular weight is 486 g/mol. The number of nitrogens with zero attached hydrogens (tertiary/aromatic N) is 4. The second-order valence-corrected chi connectivity index (χ2v) is 10.5. The molecule has 3 fully saturated rings. The van der Waals surface area contributed by atoms with Gasteiger partial charge in [0.1, 0.15) is 11.4 Å².